The van der Waals surface area contributed by atoms with E-state index in [0.29, 0.717) is 6.04 Å². The molecule has 5 nitrogen and oxygen atoms in total. The molecule has 1 heterocycles. The largest absolute Gasteiger partial charge is 0.357 e. The Morgan fingerprint density at radius 1 is 1.26 bits per heavy atom. The van der Waals surface area contributed by atoms with Gasteiger partial charge in [-0.1, -0.05) is 30.3 Å². The first-order chi connectivity index (χ1) is 13.1. The van der Waals surface area contributed by atoms with E-state index in [9.17, 15) is 10.1 Å². The van der Waals surface area contributed by atoms with Crippen molar-refractivity contribution in [3.8, 4) is 0 Å². The van der Waals surface area contributed by atoms with Crippen molar-refractivity contribution in [2.45, 2.75) is 51.1 Å². The number of non-ortho nitro benzene ring substituents is 1. The fourth-order valence-corrected chi connectivity index (χ4v) is 4.19. The molecule has 0 spiro atoms. The number of aromatic amines is 1. The van der Waals surface area contributed by atoms with Crippen LogP contribution in [0.4, 0.5) is 5.69 Å². The van der Waals surface area contributed by atoms with E-state index in [1.807, 2.05) is 6.07 Å². The van der Waals surface area contributed by atoms with Crippen molar-refractivity contribution < 1.29 is 4.92 Å². The Morgan fingerprint density at radius 2 is 2.07 bits per heavy atom. The van der Waals surface area contributed by atoms with Gasteiger partial charge in [-0.3, -0.25) is 10.1 Å². The summed E-state index contributed by atoms with van der Waals surface area (Å²) >= 11 is 0. The molecule has 0 aliphatic heterocycles. The molecule has 4 rings (SSSR count). The summed E-state index contributed by atoms with van der Waals surface area (Å²) in [6, 6.07) is 16.4. The van der Waals surface area contributed by atoms with Crippen molar-refractivity contribution in [3.05, 3.63) is 75.5 Å². The molecule has 5 heteroatoms. The molecule has 0 fully saturated rings. The van der Waals surface area contributed by atoms with Gasteiger partial charge in [0.15, 0.2) is 0 Å². The normalized spacial score (nSPS) is 17.6. The van der Waals surface area contributed by atoms with E-state index in [1.165, 1.54) is 16.8 Å². The lowest BCUT2D eigenvalue weighted by Gasteiger charge is -2.27. The maximum atomic E-state index is 11.1. The number of nitrogens with one attached hydrogen (secondary N) is 2. The Hall–Kier alpha value is -2.66. The molecular formula is C22H25N3O2. The maximum Gasteiger partial charge on any atom is 0.270 e. The minimum atomic E-state index is -0.316. The summed E-state index contributed by atoms with van der Waals surface area (Å²) in [5.41, 5.74) is 4.98. The highest BCUT2D eigenvalue weighted by Gasteiger charge is 2.26. The molecule has 3 aromatic rings. The minimum absolute atomic E-state index is 0.163. The van der Waals surface area contributed by atoms with Crippen molar-refractivity contribution in [3.63, 3.8) is 0 Å². The van der Waals surface area contributed by atoms with E-state index in [-0.39, 0.29) is 16.7 Å². The van der Waals surface area contributed by atoms with Crippen LogP contribution >= 0.6 is 0 Å². The Kier molecular flexibility index (Phi) is 4.94. The van der Waals surface area contributed by atoms with Crippen LogP contribution in [0.1, 0.15) is 49.0 Å². The number of rotatable bonds is 6. The average molecular weight is 363 g/mol. The number of fused-ring (bicyclic) bond motifs is 3. The zero-order chi connectivity index (χ0) is 18.8. The fraction of sp³-hybridized carbons (Fsp3) is 0.364. The summed E-state index contributed by atoms with van der Waals surface area (Å²) in [5, 5.41) is 15.9. The molecule has 1 aliphatic carbocycles. The number of H-pyrrole nitrogens is 1. The number of hydrogen-bond donors (Lipinski definition) is 2. The monoisotopic (exact) mass is 363 g/mol. The zero-order valence-corrected chi connectivity index (χ0v) is 15.6. The van der Waals surface area contributed by atoms with Gasteiger partial charge in [0.25, 0.3) is 5.69 Å². The van der Waals surface area contributed by atoms with E-state index < -0.39 is 0 Å². The summed E-state index contributed by atoms with van der Waals surface area (Å²) in [4.78, 5) is 14.3. The highest BCUT2D eigenvalue weighted by atomic mass is 16.6. The minimum Gasteiger partial charge on any atom is -0.357 e. The second kappa shape index (κ2) is 7.53. The summed E-state index contributed by atoms with van der Waals surface area (Å²) in [6.45, 7) is 2.24. The van der Waals surface area contributed by atoms with Crippen LogP contribution in [-0.4, -0.2) is 15.9 Å². The molecule has 0 saturated carbocycles. The van der Waals surface area contributed by atoms with Gasteiger partial charge < -0.3 is 10.3 Å². The molecule has 140 valence electrons. The maximum absolute atomic E-state index is 11.1. The van der Waals surface area contributed by atoms with Crippen LogP contribution in [0.5, 0.6) is 0 Å². The molecule has 2 aromatic carbocycles. The predicted octanol–water partition coefficient (Wildman–Crippen LogP) is 5.06. The van der Waals surface area contributed by atoms with Gasteiger partial charge in [0.1, 0.15) is 0 Å². The van der Waals surface area contributed by atoms with Gasteiger partial charge in [-0.25, -0.2) is 0 Å². The summed E-state index contributed by atoms with van der Waals surface area (Å²) in [7, 11) is 0. The first-order valence-corrected chi connectivity index (χ1v) is 9.70. The summed E-state index contributed by atoms with van der Waals surface area (Å²) < 4.78 is 0. The molecular weight excluding hydrogens is 338 g/mol. The van der Waals surface area contributed by atoms with Crippen LogP contribution in [0.2, 0.25) is 0 Å². The number of aryl methyl sites for hydroxylation is 2. The summed E-state index contributed by atoms with van der Waals surface area (Å²) in [6.07, 6.45) is 5.32. The van der Waals surface area contributed by atoms with Crippen LogP contribution in [0, 0.1) is 10.1 Å². The van der Waals surface area contributed by atoms with Crippen LogP contribution in [0.25, 0.3) is 10.9 Å². The third-order valence-electron chi connectivity index (χ3n) is 5.60. The van der Waals surface area contributed by atoms with Gasteiger partial charge in [0.05, 0.1) is 4.92 Å². The predicted molar refractivity (Wildman–Crippen MR) is 108 cm³/mol. The first-order valence-electron chi connectivity index (χ1n) is 9.70. The Balaban J connectivity index is 1.51. The second-order valence-corrected chi connectivity index (χ2v) is 7.54. The molecule has 1 aromatic heterocycles. The van der Waals surface area contributed by atoms with Crippen LogP contribution in [-0.2, 0) is 12.8 Å². The van der Waals surface area contributed by atoms with Gasteiger partial charge in [-0.15, -0.1) is 0 Å². The third kappa shape index (κ3) is 3.74. The van der Waals surface area contributed by atoms with E-state index in [2.05, 4.69) is 47.6 Å². The van der Waals surface area contributed by atoms with E-state index in [4.69, 9.17) is 0 Å². The second-order valence-electron chi connectivity index (χ2n) is 7.54. The number of nitrogens with zero attached hydrogens (tertiary/aromatic N) is 1. The lowest BCUT2D eigenvalue weighted by Crippen LogP contribution is -2.33. The van der Waals surface area contributed by atoms with Crippen LogP contribution < -0.4 is 5.32 Å². The first kappa shape index (κ1) is 17.7. The molecule has 0 bridgehead atoms. The van der Waals surface area contributed by atoms with E-state index >= 15 is 0 Å². The number of benzene rings is 2. The highest BCUT2D eigenvalue weighted by Crippen LogP contribution is 2.36. The third-order valence-corrected chi connectivity index (χ3v) is 5.60. The van der Waals surface area contributed by atoms with Gasteiger partial charge >= 0.3 is 0 Å². The lowest BCUT2D eigenvalue weighted by molar-refractivity contribution is -0.384. The molecule has 0 unspecified atom stereocenters. The number of nitro groups is 1. The SMILES string of the molecule is C[C@H](CCc1ccccc1)N[C@H]1CCCc2c1[nH]c1ccc([N+](=O)[O-])cc21. The smallest absolute Gasteiger partial charge is 0.270 e. The quantitative estimate of drug-likeness (QED) is 0.475. The average Bonchev–Trinajstić information content (AvgIpc) is 3.06. The standard InChI is InChI=1S/C22H25N3O2/c1-15(10-11-16-6-3-2-4-7-16)23-21-9-5-8-18-19-14-17(25(26)27)12-13-20(19)24-22(18)21/h2-4,6-7,12-15,21,23-24H,5,8-11H2,1H3/t15-,21+/m1/s1. The van der Waals surface area contributed by atoms with Crippen LogP contribution in [0.15, 0.2) is 48.5 Å². The van der Waals surface area contributed by atoms with E-state index in [1.54, 1.807) is 12.1 Å². The van der Waals surface area contributed by atoms with Crippen molar-refractivity contribution in [2.24, 2.45) is 0 Å². The van der Waals surface area contributed by atoms with Crippen molar-refractivity contribution in [1.82, 2.24) is 10.3 Å². The molecule has 0 amide bonds. The van der Waals surface area contributed by atoms with E-state index in [0.717, 1.165) is 43.0 Å². The highest BCUT2D eigenvalue weighted by molar-refractivity contribution is 5.87. The van der Waals surface area contributed by atoms with Crippen molar-refractivity contribution in [1.29, 1.82) is 0 Å². The Labute approximate surface area is 158 Å². The number of hydrogen-bond acceptors (Lipinski definition) is 3. The van der Waals surface area contributed by atoms with Gasteiger partial charge in [0.2, 0.25) is 0 Å². The number of nitro benzene ring substituents is 1. The molecule has 0 saturated heterocycles. The molecule has 27 heavy (non-hydrogen) atoms. The lowest BCUT2D eigenvalue weighted by atomic mass is 9.91. The Morgan fingerprint density at radius 3 is 2.85 bits per heavy atom. The van der Waals surface area contributed by atoms with Gasteiger partial charge in [-0.2, -0.15) is 0 Å². The van der Waals surface area contributed by atoms with Gasteiger partial charge in [0, 0.05) is 40.8 Å². The molecule has 2 N–H and O–H groups in total. The van der Waals surface area contributed by atoms with Crippen molar-refractivity contribution >= 4 is 16.6 Å². The molecule has 0 radical (unpaired) electrons. The number of aromatic nitrogens is 1. The molecule has 1 aliphatic rings. The molecule has 2 atom stereocenters. The zero-order valence-electron chi connectivity index (χ0n) is 15.6. The Bertz CT molecular complexity index is 949. The topological polar surface area (TPSA) is 71.0 Å². The fourth-order valence-electron chi connectivity index (χ4n) is 4.19. The van der Waals surface area contributed by atoms with Gasteiger partial charge in [-0.05, 0) is 56.2 Å². The summed E-state index contributed by atoms with van der Waals surface area (Å²) in [5.74, 6) is 0. The van der Waals surface area contributed by atoms with Crippen molar-refractivity contribution in [2.75, 3.05) is 0 Å². The van der Waals surface area contributed by atoms with Crippen LogP contribution in [0.3, 0.4) is 0 Å².